The normalized spacial score (nSPS) is 10.6. The highest BCUT2D eigenvalue weighted by Gasteiger charge is 2.07. The summed E-state index contributed by atoms with van der Waals surface area (Å²) in [5.41, 5.74) is 6.01. The fourth-order valence-corrected chi connectivity index (χ4v) is 3.08. The van der Waals surface area contributed by atoms with Crippen LogP contribution in [-0.2, 0) is 0 Å². The minimum Gasteiger partial charge on any atom is -0.256 e. The van der Waals surface area contributed by atoms with Crippen molar-refractivity contribution in [1.29, 1.82) is 0 Å². The first-order valence-corrected chi connectivity index (χ1v) is 8.53. The van der Waals surface area contributed by atoms with E-state index in [9.17, 15) is 0 Å². The minimum absolute atomic E-state index is 0.923. The molecule has 120 valence electrons. The summed E-state index contributed by atoms with van der Waals surface area (Å²) in [4.78, 5) is 10.2. The summed E-state index contributed by atoms with van der Waals surface area (Å²) < 4.78 is 0. The molecular formula is C22H16N2S. The Morgan fingerprint density at radius 1 is 0.600 bits per heavy atom. The van der Waals surface area contributed by atoms with E-state index in [1.54, 1.807) is 0 Å². The lowest BCUT2D eigenvalue weighted by Gasteiger charge is -2.08. The van der Waals surface area contributed by atoms with Gasteiger partial charge in [-0.1, -0.05) is 48.5 Å². The number of thiol groups is 1. The maximum absolute atomic E-state index is 4.84. The van der Waals surface area contributed by atoms with Gasteiger partial charge in [-0.05, 0) is 36.4 Å². The van der Waals surface area contributed by atoms with E-state index in [1.165, 1.54) is 0 Å². The second-order valence-electron chi connectivity index (χ2n) is 5.72. The molecule has 0 unspecified atom stereocenters. The summed E-state index contributed by atoms with van der Waals surface area (Å²) in [7, 11) is 0. The number of hydrogen-bond donors (Lipinski definition) is 1. The van der Waals surface area contributed by atoms with Gasteiger partial charge in [-0.25, -0.2) is 4.98 Å². The highest BCUT2D eigenvalue weighted by atomic mass is 32.1. The molecule has 0 aliphatic rings. The molecule has 0 N–H and O–H groups in total. The van der Waals surface area contributed by atoms with Crippen LogP contribution in [0.1, 0.15) is 0 Å². The van der Waals surface area contributed by atoms with Crippen LogP contribution >= 0.6 is 12.6 Å². The molecule has 0 fully saturated rings. The first-order chi connectivity index (χ1) is 12.3. The first kappa shape index (κ1) is 15.6. The van der Waals surface area contributed by atoms with Crippen molar-refractivity contribution in [2.75, 3.05) is 0 Å². The molecule has 0 aliphatic carbocycles. The van der Waals surface area contributed by atoms with Gasteiger partial charge in [0.15, 0.2) is 0 Å². The van der Waals surface area contributed by atoms with Crippen LogP contribution in [0.4, 0.5) is 0 Å². The van der Waals surface area contributed by atoms with Crippen LogP contribution in [0.15, 0.2) is 96.0 Å². The lowest BCUT2D eigenvalue weighted by molar-refractivity contribution is 1.29. The standard InChI is InChI=1S/C22H16N2S/c25-22-13-2-1-9-18(22)21-12-6-11-20(24-21)17-8-5-7-16(15-17)19-10-3-4-14-23-19/h1-15,25H. The smallest absolute Gasteiger partial charge is 0.0720 e. The molecule has 4 rings (SSSR count). The quantitative estimate of drug-likeness (QED) is 0.479. The first-order valence-electron chi connectivity index (χ1n) is 8.08. The number of pyridine rings is 2. The van der Waals surface area contributed by atoms with E-state index < -0.39 is 0 Å². The molecule has 2 nitrogen and oxygen atoms in total. The molecule has 0 aliphatic heterocycles. The summed E-state index contributed by atoms with van der Waals surface area (Å²) in [5.74, 6) is 0. The summed E-state index contributed by atoms with van der Waals surface area (Å²) in [5, 5.41) is 0. The van der Waals surface area contributed by atoms with Gasteiger partial charge in [0.2, 0.25) is 0 Å². The Morgan fingerprint density at radius 3 is 2.08 bits per heavy atom. The zero-order chi connectivity index (χ0) is 17.1. The largest absolute Gasteiger partial charge is 0.256 e. The zero-order valence-electron chi connectivity index (χ0n) is 13.5. The third kappa shape index (κ3) is 3.32. The third-order valence-corrected chi connectivity index (χ3v) is 4.44. The highest BCUT2D eigenvalue weighted by molar-refractivity contribution is 7.80. The SMILES string of the molecule is Sc1ccccc1-c1cccc(-c2cccc(-c3ccccn3)c2)n1. The monoisotopic (exact) mass is 340 g/mol. The van der Waals surface area contributed by atoms with Crippen molar-refractivity contribution in [2.24, 2.45) is 0 Å². The van der Waals surface area contributed by atoms with Crippen molar-refractivity contribution in [2.45, 2.75) is 4.90 Å². The Bertz CT molecular complexity index is 1010. The second kappa shape index (κ2) is 6.91. The molecule has 2 aromatic carbocycles. The Hall–Kier alpha value is -2.91. The molecule has 0 spiro atoms. The maximum Gasteiger partial charge on any atom is 0.0720 e. The number of hydrogen-bond acceptors (Lipinski definition) is 3. The second-order valence-corrected chi connectivity index (χ2v) is 6.20. The van der Waals surface area contributed by atoms with E-state index >= 15 is 0 Å². The Labute approximate surface area is 152 Å². The van der Waals surface area contributed by atoms with Crippen molar-refractivity contribution >= 4 is 12.6 Å². The van der Waals surface area contributed by atoms with Gasteiger partial charge >= 0.3 is 0 Å². The molecule has 0 amide bonds. The number of nitrogens with zero attached hydrogens (tertiary/aromatic N) is 2. The van der Waals surface area contributed by atoms with Crippen molar-refractivity contribution in [1.82, 2.24) is 9.97 Å². The molecule has 0 saturated heterocycles. The lowest BCUT2D eigenvalue weighted by Crippen LogP contribution is -1.90. The van der Waals surface area contributed by atoms with Crippen molar-refractivity contribution in [3.8, 4) is 33.8 Å². The van der Waals surface area contributed by atoms with Crippen molar-refractivity contribution in [3.63, 3.8) is 0 Å². The van der Waals surface area contributed by atoms with Gasteiger partial charge < -0.3 is 0 Å². The van der Waals surface area contributed by atoms with Gasteiger partial charge in [-0.2, -0.15) is 0 Å². The molecule has 0 bridgehead atoms. The Balaban J connectivity index is 1.76. The van der Waals surface area contributed by atoms with E-state index in [4.69, 9.17) is 4.98 Å². The highest BCUT2D eigenvalue weighted by Crippen LogP contribution is 2.28. The van der Waals surface area contributed by atoms with Crippen molar-refractivity contribution in [3.05, 3.63) is 91.1 Å². The number of rotatable bonds is 3. The molecule has 0 saturated carbocycles. The van der Waals surface area contributed by atoms with Crippen LogP contribution in [0.3, 0.4) is 0 Å². The van der Waals surface area contributed by atoms with E-state index in [2.05, 4.69) is 35.8 Å². The molecule has 2 heterocycles. The predicted octanol–water partition coefficient (Wildman–Crippen LogP) is 5.77. The van der Waals surface area contributed by atoms with E-state index in [0.717, 1.165) is 38.7 Å². The van der Waals surface area contributed by atoms with Crippen LogP contribution in [0.2, 0.25) is 0 Å². The molecular weight excluding hydrogens is 324 g/mol. The predicted molar refractivity (Wildman–Crippen MR) is 106 cm³/mol. The molecule has 0 atom stereocenters. The number of aromatic nitrogens is 2. The third-order valence-electron chi connectivity index (χ3n) is 4.05. The van der Waals surface area contributed by atoms with Gasteiger partial charge in [-0.3, -0.25) is 4.98 Å². The molecule has 4 aromatic rings. The van der Waals surface area contributed by atoms with Crippen molar-refractivity contribution < 1.29 is 0 Å². The molecule has 25 heavy (non-hydrogen) atoms. The maximum atomic E-state index is 4.84. The van der Waals surface area contributed by atoms with Crippen LogP contribution in [0, 0.1) is 0 Å². The Morgan fingerprint density at radius 2 is 1.28 bits per heavy atom. The van der Waals surface area contributed by atoms with Crippen LogP contribution in [0.5, 0.6) is 0 Å². The molecule has 2 aromatic heterocycles. The molecule has 3 heteroatoms. The van der Waals surface area contributed by atoms with E-state index in [0.29, 0.717) is 0 Å². The van der Waals surface area contributed by atoms with E-state index in [-0.39, 0.29) is 0 Å². The van der Waals surface area contributed by atoms with Gasteiger partial charge in [-0.15, -0.1) is 12.6 Å². The summed E-state index contributed by atoms with van der Waals surface area (Å²) >= 11 is 4.55. The Kier molecular flexibility index (Phi) is 4.32. The van der Waals surface area contributed by atoms with Crippen LogP contribution in [0.25, 0.3) is 33.8 Å². The number of benzene rings is 2. The van der Waals surface area contributed by atoms with Gasteiger partial charge in [0.1, 0.15) is 0 Å². The topological polar surface area (TPSA) is 25.8 Å². The van der Waals surface area contributed by atoms with Gasteiger partial charge in [0.05, 0.1) is 17.1 Å². The minimum atomic E-state index is 0.923. The molecule has 0 radical (unpaired) electrons. The average molecular weight is 340 g/mol. The van der Waals surface area contributed by atoms with Crippen LogP contribution in [-0.4, -0.2) is 9.97 Å². The van der Waals surface area contributed by atoms with Gasteiger partial charge in [0, 0.05) is 27.8 Å². The summed E-state index contributed by atoms with van der Waals surface area (Å²) in [6.07, 6.45) is 1.81. The fourth-order valence-electron chi connectivity index (χ4n) is 2.81. The lowest BCUT2D eigenvalue weighted by atomic mass is 10.0. The summed E-state index contributed by atoms with van der Waals surface area (Å²) in [6, 6.07) is 28.3. The van der Waals surface area contributed by atoms with Gasteiger partial charge in [0.25, 0.3) is 0 Å². The summed E-state index contributed by atoms with van der Waals surface area (Å²) in [6.45, 7) is 0. The zero-order valence-corrected chi connectivity index (χ0v) is 14.4. The van der Waals surface area contributed by atoms with Crippen LogP contribution < -0.4 is 0 Å². The fraction of sp³-hybridized carbons (Fsp3) is 0. The van der Waals surface area contributed by atoms with E-state index in [1.807, 2.05) is 72.9 Å². The average Bonchev–Trinajstić information content (AvgIpc) is 2.69.